The van der Waals surface area contributed by atoms with Crippen LogP contribution in [0.4, 0.5) is 0 Å². The van der Waals surface area contributed by atoms with E-state index in [1.807, 2.05) is 31.2 Å². The van der Waals surface area contributed by atoms with Crippen LogP contribution in [0.15, 0.2) is 29.3 Å². The summed E-state index contributed by atoms with van der Waals surface area (Å²) in [7, 11) is 1.67. The largest absolute Gasteiger partial charge is 0.493 e. The first kappa shape index (κ1) is 19.0. The highest BCUT2D eigenvalue weighted by atomic mass is 127. The van der Waals surface area contributed by atoms with E-state index in [4.69, 9.17) is 15.2 Å². The van der Waals surface area contributed by atoms with Crippen molar-refractivity contribution in [2.45, 2.75) is 32.4 Å². The highest BCUT2D eigenvalue weighted by molar-refractivity contribution is 14.0. The zero-order valence-corrected chi connectivity index (χ0v) is 15.6. The molecule has 0 bridgehead atoms. The maximum atomic E-state index is 5.88. The lowest BCUT2D eigenvalue weighted by atomic mass is 10.2. The highest BCUT2D eigenvalue weighted by Crippen LogP contribution is 2.30. The molecule has 0 saturated heterocycles. The molecule has 6 heteroatoms. The van der Waals surface area contributed by atoms with Crippen LogP contribution in [-0.4, -0.2) is 32.3 Å². The van der Waals surface area contributed by atoms with E-state index in [1.165, 1.54) is 12.8 Å². The van der Waals surface area contributed by atoms with Crippen LogP contribution < -0.4 is 15.8 Å². The molecule has 1 aromatic carbocycles. The van der Waals surface area contributed by atoms with E-state index < -0.39 is 0 Å². The zero-order chi connectivity index (χ0) is 15.1. The molecule has 1 atom stereocenters. The number of methoxy groups -OCH3 is 1. The minimum atomic E-state index is 0. The van der Waals surface area contributed by atoms with Crippen molar-refractivity contribution < 1.29 is 9.47 Å². The van der Waals surface area contributed by atoms with Crippen LogP contribution in [-0.2, 0) is 11.3 Å². The number of para-hydroxylation sites is 1. The van der Waals surface area contributed by atoms with Gasteiger partial charge in [-0.1, -0.05) is 18.2 Å². The number of guanidine groups is 1. The van der Waals surface area contributed by atoms with E-state index in [2.05, 4.69) is 10.3 Å². The summed E-state index contributed by atoms with van der Waals surface area (Å²) >= 11 is 0. The Morgan fingerprint density at radius 1 is 1.41 bits per heavy atom. The fourth-order valence-electron chi connectivity index (χ4n) is 2.03. The van der Waals surface area contributed by atoms with Crippen LogP contribution in [0.1, 0.15) is 25.3 Å². The minimum absolute atomic E-state index is 0. The molecule has 0 aliphatic heterocycles. The van der Waals surface area contributed by atoms with Crippen molar-refractivity contribution in [1.29, 1.82) is 0 Å². The maximum absolute atomic E-state index is 5.88. The minimum Gasteiger partial charge on any atom is -0.493 e. The molecule has 0 spiro atoms. The zero-order valence-electron chi connectivity index (χ0n) is 13.2. The van der Waals surface area contributed by atoms with Crippen molar-refractivity contribution in [3.8, 4) is 5.75 Å². The average molecular weight is 419 g/mol. The molecule has 1 aliphatic carbocycles. The van der Waals surface area contributed by atoms with Gasteiger partial charge in [-0.05, 0) is 31.7 Å². The van der Waals surface area contributed by atoms with E-state index in [1.54, 1.807) is 7.11 Å². The van der Waals surface area contributed by atoms with Crippen molar-refractivity contribution >= 4 is 29.9 Å². The molecule has 0 amide bonds. The van der Waals surface area contributed by atoms with Gasteiger partial charge in [-0.25, -0.2) is 4.99 Å². The smallest absolute Gasteiger partial charge is 0.189 e. The quantitative estimate of drug-likeness (QED) is 0.386. The predicted octanol–water partition coefficient (Wildman–Crippen LogP) is 2.53. The third-order valence-corrected chi connectivity index (χ3v) is 3.37. The standard InChI is InChI=1S/C16H25N3O2.HI/c1-12(10-20-2)19-16(17)18-9-14-5-3-4-6-15(14)21-11-13-7-8-13;/h3-6,12-13H,7-11H2,1-2H3,(H3,17,18,19);1H. The molecule has 1 fully saturated rings. The number of nitrogens with zero attached hydrogens (tertiary/aromatic N) is 1. The highest BCUT2D eigenvalue weighted by Gasteiger charge is 2.22. The summed E-state index contributed by atoms with van der Waals surface area (Å²) in [5.74, 6) is 2.07. The second-order valence-corrected chi connectivity index (χ2v) is 5.56. The van der Waals surface area contributed by atoms with Crippen LogP contribution in [0.3, 0.4) is 0 Å². The Morgan fingerprint density at radius 2 is 2.14 bits per heavy atom. The Morgan fingerprint density at radius 3 is 2.82 bits per heavy atom. The maximum Gasteiger partial charge on any atom is 0.189 e. The molecule has 1 aromatic rings. The Balaban J connectivity index is 0.00000242. The summed E-state index contributed by atoms with van der Waals surface area (Å²) in [6, 6.07) is 8.13. The number of halogens is 1. The van der Waals surface area contributed by atoms with E-state index in [0.29, 0.717) is 19.1 Å². The number of rotatable bonds is 8. The Kier molecular flexibility index (Phi) is 8.55. The fraction of sp³-hybridized carbons (Fsp3) is 0.562. The van der Waals surface area contributed by atoms with Crippen molar-refractivity contribution in [1.82, 2.24) is 5.32 Å². The van der Waals surface area contributed by atoms with Crippen molar-refractivity contribution in [2.24, 2.45) is 16.6 Å². The summed E-state index contributed by atoms with van der Waals surface area (Å²) in [4.78, 5) is 4.37. The summed E-state index contributed by atoms with van der Waals surface area (Å²) in [6.45, 7) is 3.91. The van der Waals surface area contributed by atoms with Gasteiger partial charge in [0, 0.05) is 18.7 Å². The number of nitrogens with two attached hydrogens (primary N) is 1. The van der Waals surface area contributed by atoms with E-state index in [0.717, 1.165) is 23.8 Å². The first-order valence-corrected chi connectivity index (χ1v) is 7.45. The summed E-state index contributed by atoms with van der Waals surface area (Å²) in [6.07, 6.45) is 2.57. The Bertz CT molecular complexity index is 478. The van der Waals surface area contributed by atoms with Gasteiger partial charge in [0.25, 0.3) is 0 Å². The SMILES string of the molecule is COCC(C)NC(N)=NCc1ccccc1OCC1CC1.I. The second-order valence-electron chi connectivity index (χ2n) is 5.56. The number of ether oxygens (including phenoxy) is 2. The van der Waals surface area contributed by atoms with Gasteiger partial charge in [0.15, 0.2) is 5.96 Å². The van der Waals surface area contributed by atoms with Gasteiger partial charge < -0.3 is 20.5 Å². The van der Waals surface area contributed by atoms with E-state index in [9.17, 15) is 0 Å². The van der Waals surface area contributed by atoms with Gasteiger partial charge in [-0.2, -0.15) is 0 Å². The van der Waals surface area contributed by atoms with E-state index >= 15 is 0 Å². The third kappa shape index (κ3) is 6.83. The fourth-order valence-corrected chi connectivity index (χ4v) is 2.03. The van der Waals surface area contributed by atoms with Gasteiger partial charge >= 0.3 is 0 Å². The first-order chi connectivity index (χ1) is 10.2. The molecular weight excluding hydrogens is 393 g/mol. The first-order valence-electron chi connectivity index (χ1n) is 7.45. The number of aliphatic imine (C=N–C) groups is 1. The number of nitrogens with one attached hydrogen (secondary N) is 1. The predicted molar refractivity (Wildman–Crippen MR) is 99.9 cm³/mol. The van der Waals surface area contributed by atoms with Crippen LogP contribution in [0.25, 0.3) is 0 Å². The van der Waals surface area contributed by atoms with Gasteiger partial charge in [0.2, 0.25) is 0 Å². The number of hydrogen-bond donors (Lipinski definition) is 2. The molecule has 0 aromatic heterocycles. The van der Waals surface area contributed by atoms with Crippen LogP contribution >= 0.6 is 24.0 Å². The Hall–Kier alpha value is -1.02. The van der Waals surface area contributed by atoms with Crippen LogP contribution in [0, 0.1) is 5.92 Å². The summed E-state index contributed by atoms with van der Waals surface area (Å²) in [5.41, 5.74) is 6.94. The lowest BCUT2D eigenvalue weighted by molar-refractivity contribution is 0.179. The number of hydrogen-bond acceptors (Lipinski definition) is 3. The molecule has 1 unspecified atom stereocenters. The monoisotopic (exact) mass is 419 g/mol. The summed E-state index contributed by atoms with van der Waals surface area (Å²) < 4.78 is 10.9. The molecule has 1 aliphatic rings. The Labute approximate surface area is 149 Å². The molecule has 5 nitrogen and oxygen atoms in total. The number of benzene rings is 1. The van der Waals surface area contributed by atoms with Gasteiger partial charge in [-0.15, -0.1) is 24.0 Å². The van der Waals surface area contributed by atoms with Gasteiger partial charge in [-0.3, -0.25) is 0 Å². The molecule has 1 saturated carbocycles. The van der Waals surface area contributed by atoms with Crippen molar-refractivity contribution in [3.05, 3.63) is 29.8 Å². The van der Waals surface area contributed by atoms with Crippen molar-refractivity contribution in [2.75, 3.05) is 20.3 Å². The molecule has 3 N–H and O–H groups in total. The van der Waals surface area contributed by atoms with Crippen LogP contribution in [0.2, 0.25) is 0 Å². The molecule has 22 heavy (non-hydrogen) atoms. The van der Waals surface area contributed by atoms with Gasteiger partial charge in [0.1, 0.15) is 5.75 Å². The summed E-state index contributed by atoms with van der Waals surface area (Å²) in [5, 5.41) is 3.09. The molecule has 0 heterocycles. The third-order valence-electron chi connectivity index (χ3n) is 3.37. The molecule has 124 valence electrons. The van der Waals surface area contributed by atoms with Crippen LogP contribution in [0.5, 0.6) is 5.75 Å². The normalized spacial score (nSPS) is 15.8. The topological polar surface area (TPSA) is 68.9 Å². The molecular formula is C16H26IN3O2. The lowest BCUT2D eigenvalue weighted by Gasteiger charge is -2.14. The molecule has 0 radical (unpaired) electrons. The molecule has 2 rings (SSSR count). The van der Waals surface area contributed by atoms with Gasteiger partial charge in [0.05, 0.1) is 19.8 Å². The average Bonchev–Trinajstić information content (AvgIpc) is 3.28. The van der Waals surface area contributed by atoms with E-state index in [-0.39, 0.29) is 30.0 Å². The lowest BCUT2D eigenvalue weighted by Crippen LogP contribution is -2.40. The second kappa shape index (κ2) is 9.89. The van der Waals surface area contributed by atoms with Crippen molar-refractivity contribution in [3.63, 3.8) is 0 Å².